The second-order valence-corrected chi connectivity index (χ2v) is 4.63. The molecular formula is C16H20N4O. The molecule has 0 radical (unpaired) electrons. The van der Waals surface area contributed by atoms with E-state index in [2.05, 4.69) is 9.97 Å². The lowest BCUT2D eigenvalue weighted by molar-refractivity contribution is 0.0767. The molecule has 0 bridgehead atoms. The highest BCUT2D eigenvalue weighted by atomic mass is 16.2. The van der Waals surface area contributed by atoms with E-state index in [4.69, 9.17) is 0 Å². The topological polar surface area (TPSA) is 49.3 Å². The van der Waals surface area contributed by atoms with Crippen molar-refractivity contribution in [2.24, 2.45) is 0 Å². The van der Waals surface area contributed by atoms with E-state index in [9.17, 15) is 4.79 Å². The van der Waals surface area contributed by atoms with E-state index < -0.39 is 0 Å². The minimum Gasteiger partial charge on any atom is -0.338 e. The Kier molecular flexibility index (Phi) is 4.87. The Balaban J connectivity index is 2.27. The van der Waals surface area contributed by atoms with Crippen molar-refractivity contribution >= 4 is 17.4 Å². The molecule has 0 atom stereocenters. The first kappa shape index (κ1) is 15.0. The van der Waals surface area contributed by atoms with Crippen LogP contribution in [0, 0.1) is 0 Å². The van der Waals surface area contributed by atoms with E-state index in [1.807, 2.05) is 56.1 Å². The van der Waals surface area contributed by atoms with Gasteiger partial charge in [0, 0.05) is 31.9 Å². The van der Waals surface area contributed by atoms with Gasteiger partial charge in [0.2, 0.25) is 0 Å². The smallest absolute Gasteiger partial charge is 0.272 e. The summed E-state index contributed by atoms with van der Waals surface area (Å²) in [7, 11) is 1.92. The van der Waals surface area contributed by atoms with Crippen LogP contribution in [0.2, 0.25) is 0 Å². The van der Waals surface area contributed by atoms with Gasteiger partial charge < -0.3 is 9.80 Å². The maximum absolute atomic E-state index is 12.3. The molecule has 5 heteroatoms. The van der Waals surface area contributed by atoms with Gasteiger partial charge in [-0.15, -0.1) is 0 Å². The van der Waals surface area contributed by atoms with Gasteiger partial charge in [-0.2, -0.15) is 0 Å². The zero-order valence-corrected chi connectivity index (χ0v) is 12.7. The van der Waals surface area contributed by atoms with Crippen molar-refractivity contribution in [3.05, 3.63) is 48.4 Å². The number of hydrogen-bond donors (Lipinski definition) is 0. The van der Waals surface area contributed by atoms with Crippen molar-refractivity contribution in [3.8, 4) is 0 Å². The van der Waals surface area contributed by atoms with Gasteiger partial charge in [-0.3, -0.25) is 4.79 Å². The van der Waals surface area contributed by atoms with Crippen LogP contribution in [-0.4, -0.2) is 40.9 Å². The summed E-state index contributed by atoms with van der Waals surface area (Å²) >= 11 is 0. The van der Waals surface area contributed by atoms with Gasteiger partial charge in [-0.05, 0) is 26.0 Å². The van der Waals surface area contributed by atoms with Crippen LogP contribution in [-0.2, 0) is 0 Å². The number of rotatable bonds is 5. The Morgan fingerprint density at radius 1 is 1.10 bits per heavy atom. The van der Waals surface area contributed by atoms with Gasteiger partial charge in [-0.1, -0.05) is 18.2 Å². The SMILES string of the molecule is CCN(CC)C(=O)c1cc(N(C)c2ccccc2)ncn1. The zero-order valence-electron chi connectivity index (χ0n) is 12.7. The quantitative estimate of drug-likeness (QED) is 0.847. The third-order valence-electron chi connectivity index (χ3n) is 3.41. The molecule has 5 nitrogen and oxygen atoms in total. The maximum atomic E-state index is 12.3. The molecular weight excluding hydrogens is 264 g/mol. The molecule has 2 rings (SSSR count). The molecule has 110 valence electrons. The molecule has 0 aliphatic carbocycles. The summed E-state index contributed by atoms with van der Waals surface area (Å²) in [5.74, 6) is 0.636. The molecule has 0 aliphatic rings. The van der Waals surface area contributed by atoms with E-state index >= 15 is 0 Å². The zero-order chi connectivity index (χ0) is 15.2. The summed E-state index contributed by atoms with van der Waals surface area (Å²) in [5, 5.41) is 0. The number of anilines is 2. The second-order valence-electron chi connectivity index (χ2n) is 4.63. The third kappa shape index (κ3) is 3.37. The Bertz CT molecular complexity index is 596. The van der Waals surface area contributed by atoms with Crippen molar-refractivity contribution in [2.45, 2.75) is 13.8 Å². The van der Waals surface area contributed by atoms with E-state index in [0.717, 1.165) is 5.69 Å². The normalized spacial score (nSPS) is 10.2. The first-order valence-electron chi connectivity index (χ1n) is 7.07. The van der Waals surface area contributed by atoms with Crippen LogP contribution in [0.15, 0.2) is 42.7 Å². The highest BCUT2D eigenvalue weighted by Crippen LogP contribution is 2.21. The predicted molar refractivity (Wildman–Crippen MR) is 83.8 cm³/mol. The molecule has 0 N–H and O–H groups in total. The van der Waals surface area contributed by atoms with Gasteiger partial charge in [0.15, 0.2) is 0 Å². The molecule has 0 saturated heterocycles. The van der Waals surface area contributed by atoms with Gasteiger partial charge >= 0.3 is 0 Å². The van der Waals surface area contributed by atoms with E-state index in [1.165, 1.54) is 6.33 Å². The Labute approximate surface area is 125 Å². The highest BCUT2D eigenvalue weighted by molar-refractivity contribution is 5.93. The number of benzene rings is 1. The number of nitrogens with zero attached hydrogens (tertiary/aromatic N) is 4. The molecule has 1 heterocycles. The average molecular weight is 284 g/mol. The first-order chi connectivity index (χ1) is 10.2. The predicted octanol–water partition coefficient (Wildman–Crippen LogP) is 2.73. The molecule has 2 aromatic rings. The summed E-state index contributed by atoms with van der Waals surface area (Å²) in [4.78, 5) is 24.4. The fourth-order valence-corrected chi connectivity index (χ4v) is 2.10. The highest BCUT2D eigenvalue weighted by Gasteiger charge is 2.16. The van der Waals surface area contributed by atoms with Gasteiger partial charge in [0.05, 0.1) is 0 Å². The summed E-state index contributed by atoms with van der Waals surface area (Å²) in [6.45, 7) is 5.26. The minimum atomic E-state index is -0.0647. The number of para-hydroxylation sites is 1. The average Bonchev–Trinajstić information content (AvgIpc) is 2.56. The van der Waals surface area contributed by atoms with Gasteiger partial charge in [-0.25, -0.2) is 9.97 Å². The molecule has 0 unspecified atom stereocenters. The Morgan fingerprint density at radius 3 is 2.38 bits per heavy atom. The number of hydrogen-bond acceptors (Lipinski definition) is 4. The second kappa shape index (κ2) is 6.83. The van der Waals surface area contributed by atoms with Gasteiger partial charge in [0.25, 0.3) is 5.91 Å². The molecule has 0 fully saturated rings. The molecule has 0 aliphatic heterocycles. The van der Waals surface area contributed by atoms with Crippen LogP contribution < -0.4 is 4.90 Å². The summed E-state index contributed by atoms with van der Waals surface area (Å²) < 4.78 is 0. The van der Waals surface area contributed by atoms with Crippen molar-refractivity contribution in [3.63, 3.8) is 0 Å². The standard InChI is InChI=1S/C16H20N4O/c1-4-20(5-2)16(21)14-11-15(18-12-17-14)19(3)13-9-7-6-8-10-13/h6-12H,4-5H2,1-3H3. The number of carbonyl (C=O) groups is 1. The monoisotopic (exact) mass is 284 g/mol. The van der Waals surface area contributed by atoms with Gasteiger partial charge in [0.1, 0.15) is 17.8 Å². The molecule has 1 aromatic heterocycles. The fourth-order valence-electron chi connectivity index (χ4n) is 2.10. The van der Waals surface area contributed by atoms with Crippen LogP contribution in [0.1, 0.15) is 24.3 Å². The van der Waals surface area contributed by atoms with Crippen LogP contribution in [0.25, 0.3) is 0 Å². The lowest BCUT2D eigenvalue weighted by Gasteiger charge is -2.20. The lowest BCUT2D eigenvalue weighted by atomic mass is 10.2. The molecule has 0 saturated carbocycles. The number of aromatic nitrogens is 2. The van der Waals surface area contributed by atoms with Crippen molar-refractivity contribution in [2.75, 3.05) is 25.0 Å². The Hall–Kier alpha value is -2.43. The van der Waals surface area contributed by atoms with E-state index in [0.29, 0.717) is 24.6 Å². The first-order valence-corrected chi connectivity index (χ1v) is 7.07. The summed E-state index contributed by atoms with van der Waals surface area (Å²) in [6, 6.07) is 11.6. The lowest BCUT2D eigenvalue weighted by Crippen LogP contribution is -2.31. The molecule has 1 aromatic carbocycles. The maximum Gasteiger partial charge on any atom is 0.272 e. The van der Waals surface area contributed by atoms with Crippen molar-refractivity contribution in [1.82, 2.24) is 14.9 Å². The largest absolute Gasteiger partial charge is 0.338 e. The van der Waals surface area contributed by atoms with Crippen LogP contribution in [0.3, 0.4) is 0 Å². The van der Waals surface area contributed by atoms with Crippen LogP contribution in [0.5, 0.6) is 0 Å². The fraction of sp³-hybridized carbons (Fsp3) is 0.312. The minimum absolute atomic E-state index is 0.0647. The van der Waals surface area contributed by atoms with E-state index in [1.54, 1.807) is 11.0 Å². The molecule has 21 heavy (non-hydrogen) atoms. The number of amides is 1. The molecule has 0 spiro atoms. The number of carbonyl (C=O) groups excluding carboxylic acids is 1. The van der Waals surface area contributed by atoms with Crippen LogP contribution in [0.4, 0.5) is 11.5 Å². The van der Waals surface area contributed by atoms with Crippen LogP contribution >= 0.6 is 0 Å². The van der Waals surface area contributed by atoms with Crippen molar-refractivity contribution < 1.29 is 4.79 Å². The Morgan fingerprint density at radius 2 is 1.76 bits per heavy atom. The van der Waals surface area contributed by atoms with E-state index in [-0.39, 0.29) is 5.91 Å². The third-order valence-corrected chi connectivity index (χ3v) is 3.41. The summed E-state index contributed by atoms with van der Waals surface area (Å²) in [5.41, 5.74) is 1.43. The molecule has 1 amide bonds. The van der Waals surface area contributed by atoms with Crippen molar-refractivity contribution in [1.29, 1.82) is 0 Å². The summed E-state index contributed by atoms with van der Waals surface area (Å²) in [6.07, 6.45) is 1.44.